The molecule has 0 spiro atoms. The van der Waals surface area contributed by atoms with Gasteiger partial charge in [0.05, 0.1) is 4.58 Å². The lowest BCUT2D eigenvalue weighted by atomic mass is 10.1. The van der Waals surface area contributed by atoms with Crippen LogP contribution in [0.3, 0.4) is 0 Å². The quantitative estimate of drug-likeness (QED) is 0.628. The third-order valence-electron chi connectivity index (χ3n) is 2.33. The van der Waals surface area contributed by atoms with Crippen molar-refractivity contribution < 1.29 is 4.79 Å². The van der Waals surface area contributed by atoms with Crippen LogP contribution in [0.15, 0.2) is 0 Å². The molecule has 1 heterocycles. The van der Waals surface area contributed by atoms with Crippen molar-refractivity contribution in [2.45, 2.75) is 23.8 Å². The second-order valence-corrected chi connectivity index (χ2v) is 5.87. The molecule has 0 aromatic rings. The Morgan fingerprint density at radius 3 is 2.55 bits per heavy atom. The molecule has 1 unspecified atom stereocenters. The fourth-order valence-electron chi connectivity index (χ4n) is 1.74. The highest BCUT2D eigenvalue weighted by Gasteiger charge is 2.34. The molecule has 2 aliphatic rings. The van der Waals surface area contributed by atoms with Gasteiger partial charge in [-0.3, -0.25) is 4.79 Å². The maximum atomic E-state index is 11.3. The maximum absolute atomic E-state index is 11.3. The zero-order valence-electron chi connectivity index (χ0n) is 6.41. The van der Waals surface area contributed by atoms with Crippen molar-refractivity contribution in [3.05, 3.63) is 0 Å². The van der Waals surface area contributed by atoms with Crippen LogP contribution in [0.5, 0.6) is 0 Å². The van der Waals surface area contributed by atoms with Crippen molar-refractivity contribution in [1.29, 1.82) is 0 Å². The van der Waals surface area contributed by atoms with E-state index in [9.17, 15) is 4.79 Å². The summed E-state index contributed by atoms with van der Waals surface area (Å²) in [5.74, 6) is 3.43. The van der Waals surface area contributed by atoms with Crippen LogP contribution >= 0.6 is 23.5 Å². The van der Waals surface area contributed by atoms with E-state index in [-0.39, 0.29) is 0 Å². The van der Waals surface area contributed by atoms with Crippen LogP contribution in [0.25, 0.3) is 0 Å². The second kappa shape index (κ2) is 3.40. The van der Waals surface area contributed by atoms with Gasteiger partial charge in [-0.1, -0.05) is 0 Å². The number of rotatable bonds is 1. The summed E-state index contributed by atoms with van der Waals surface area (Å²) in [6.07, 6.45) is 3.15. The molecule has 0 bridgehead atoms. The number of hydrogen-bond acceptors (Lipinski definition) is 3. The minimum atomic E-state index is 0.410. The Balaban J connectivity index is 1.97. The van der Waals surface area contributed by atoms with Gasteiger partial charge in [-0.15, -0.1) is 23.5 Å². The number of carbonyl (C=O) groups excluding carboxylic acids is 1. The van der Waals surface area contributed by atoms with E-state index in [2.05, 4.69) is 0 Å². The highest BCUT2D eigenvalue weighted by Crippen LogP contribution is 2.42. The van der Waals surface area contributed by atoms with Crippen molar-refractivity contribution in [3.8, 4) is 0 Å². The molecule has 0 aromatic heterocycles. The summed E-state index contributed by atoms with van der Waals surface area (Å²) in [7, 11) is 0. The first kappa shape index (κ1) is 7.99. The number of ketones is 1. The van der Waals surface area contributed by atoms with Gasteiger partial charge in [0.25, 0.3) is 0 Å². The molecule has 1 aliphatic carbocycles. The standard InChI is InChI=1S/C8H12OS2/c9-7-3-1-2-6(7)8-10-4-5-11-8/h6,8H,1-5H2. The molecule has 1 aliphatic heterocycles. The van der Waals surface area contributed by atoms with Crippen molar-refractivity contribution in [3.63, 3.8) is 0 Å². The molecule has 0 aromatic carbocycles. The summed E-state index contributed by atoms with van der Waals surface area (Å²) in [5, 5.41) is 0. The largest absolute Gasteiger partial charge is 0.299 e. The molecule has 0 amide bonds. The summed E-state index contributed by atoms with van der Waals surface area (Å²) in [4.78, 5) is 11.3. The van der Waals surface area contributed by atoms with Crippen LogP contribution in [-0.4, -0.2) is 21.9 Å². The second-order valence-electron chi connectivity index (χ2n) is 3.08. The number of Topliss-reactive ketones (excluding diaryl/α,β-unsaturated/α-hetero) is 1. The smallest absolute Gasteiger partial charge is 0.137 e. The average molecular weight is 188 g/mol. The van der Waals surface area contributed by atoms with E-state index in [0.717, 1.165) is 19.3 Å². The average Bonchev–Trinajstić information content (AvgIpc) is 2.55. The molecule has 1 saturated heterocycles. The van der Waals surface area contributed by atoms with Crippen LogP contribution < -0.4 is 0 Å². The Morgan fingerprint density at radius 2 is 2.00 bits per heavy atom. The molecule has 2 fully saturated rings. The summed E-state index contributed by atoms with van der Waals surface area (Å²) in [6.45, 7) is 0. The monoisotopic (exact) mass is 188 g/mol. The SMILES string of the molecule is O=C1CCCC1C1SCCS1. The molecule has 11 heavy (non-hydrogen) atoms. The van der Waals surface area contributed by atoms with E-state index >= 15 is 0 Å². The Bertz CT molecular complexity index is 163. The number of thioether (sulfide) groups is 2. The fourth-order valence-corrected chi connectivity index (χ4v) is 4.98. The Labute approximate surface area is 75.7 Å². The van der Waals surface area contributed by atoms with Gasteiger partial charge in [0.2, 0.25) is 0 Å². The summed E-state index contributed by atoms with van der Waals surface area (Å²) >= 11 is 3.97. The van der Waals surface area contributed by atoms with E-state index in [1.807, 2.05) is 23.5 Å². The zero-order valence-corrected chi connectivity index (χ0v) is 8.05. The molecule has 1 atom stereocenters. The fraction of sp³-hybridized carbons (Fsp3) is 0.875. The molecule has 0 radical (unpaired) electrons. The predicted octanol–water partition coefficient (Wildman–Crippen LogP) is 2.16. The van der Waals surface area contributed by atoms with Gasteiger partial charge in [-0.25, -0.2) is 0 Å². The maximum Gasteiger partial charge on any atom is 0.137 e. The highest BCUT2D eigenvalue weighted by atomic mass is 32.2. The van der Waals surface area contributed by atoms with Crippen LogP contribution in [0.4, 0.5) is 0 Å². The van der Waals surface area contributed by atoms with E-state index in [1.165, 1.54) is 11.5 Å². The van der Waals surface area contributed by atoms with Gasteiger partial charge >= 0.3 is 0 Å². The summed E-state index contributed by atoms with van der Waals surface area (Å²) in [5.41, 5.74) is 0. The molecule has 62 valence electrons. The van der Waals surface area contributed by atoms with E-state index in [4.69, 9.17) is 0 Å². The first-order valence-corrected chi connectivity index (χ1v) is 6.23. The molecular formula is C8H12OS2. The lowest BCUT2D eigenvalue weighted by Crippen LogP contribution is -2.15. The van der Waals surface area contributed by atoms with E-state index < -0.39 is 0 Å². The molecule has 3 heteroatoms. The topological polar surface area (TPSA) is 17.1 Å². The normalized spacial score (nSPS) is 33.5. The van der Waals surface area contributed by atoms with Crippen molar-refractivity contribution >= 4 is 29.3 Å². The van der Waals surface area contributed by atoms with Gasteiger partial charge < -0.3 is 0 Å². The van der Waals surface area contributed by atoms with Crippen LogP contribution in [0.2, 0.25) is 0 Å². The van der Waals surface area contributed by atoms with E-state index in [1.54, 1.807) is 0 Å². The molecule has 1 saturated carbocycles. The Hall–Kier alpha value is 0.370. The van der Waals surface area contributed by atoms with E-state index in [0.29, 0.717) is 16.3 Å². The highest BCUT2D eigenvalue weighted by molar-refractivity contribution is 8.20. The summed E-state index contributed by atoms with van der Waals surface area (Å²) < 4.78 is 0.616. The Morgan fingerprint density at radius 1 is 1.27 bits per heavy atom. The van der Waals surface area contributed by atoms with Gasteiger partial charge in [-0.2, -0.15) is 0 Å². The Kier molecular flexibility index (Phi) is 2.47. The number of carbonyl (C=O) groups is 1. The molecular weight excluding hydrogens is 176 g/mol. The van der Waals surface area contributed by atoms with Gasteiger partial charge in [-0.05, 0) is 12.8 Å². The van der Waals surface area contributed by atoms with Gasteiger partial charge in [0.15, 0.2) is 0 Å². The first-order valence-electron chi connectivity index (χ1n) is 4.14. The molecule has 2 rings (SSSR count). The van der Waals surface area contributed by atoms with Crippen molar-refractivity contribution in [2.75, 3.05) is 11.5 Å². The minimum Gasteiger partial charge on any atom is -0.299 e. The lowest BCUT2D eigenvalue weighted by Gasteiger charge is -2.13. The number of hydrogen-bond donors (Lipinski definition) is 0. The van der Waals surface area contributed by atoms with Crippen molar-refractivity contribution in [2.24, 2.45) is 5.92 Å². The summed E-state index contributed by atoms with van der Waals surface area (Å²) in [6, 6.07) is 0. The van der Waals surface area contributed by atoms with Gasteiger partial charge in [0.1, 0.15) is 5.78 Å². The van der Waals surface area contributed by atoms with Crippen molar-refractivity contribution in [1.82, 2.24) is 0 Å². The third-order valence-corrected chi connectivity index (χ3v) is 5.60. The third kappa shape index (κ3) is 1.59. The predicted molar refractivity (Wildman–Crippen MR) is 51.1 cm³/mol. The molecule has 1 nitrogen and oxygen atoms in total. The minimum absolute atomic E-state index is 0.410. The van der Waals surface area contributed by atoms with Crippen LogP contribution in [0, 0.1) is 5.92 Å². The zero-order chi connectivity index (χ0) is 7.68. The lowest BCUT2D eigenvalue weighted by molar-refractivity contribution is -0.120. The molecule has 0 N–H and O–H groups in total. The van der Waals surface area contributed by atoms with Crippen LogP contribution in [0.1, 0.15) is 19.3 Å². The first-order chi connectivity index (χ1) is 5.38. The van der Waals surface area contributed by atoms with Crippen LogP contribution in [-0.2, 0) is 4.79 Å². The van der Waals surface area contributed by atoms with Gasteiger partial charge in [0, 0.05) is 23.8 Å².